The molecule has 0 atom stereocenters. The van der Waals surface area contributed by atoms with E-state index in [0.29, 0.717) is 45.6 Å². The number of piperidine rings is 1. The Hall–Kier alpha value is -0.700. The second kappa shape index (κ2) is 6.17. The van der Waals surface area contributed by atoms with Crippen LogP contribution in [0.4, 0.5) is 0 Å². The fraction of sp³-hybridized carbons (Fsp3) is 0.909. The van der Waals surface area contributed by atoms with E-state index in [2.05, 4.69) is 0 Å². The molecule has 0 aromatic carbocycles. The molecule has 110 valence electrons. The Bertz CT molecular complexity index is 409. The SMILES string of the molecule is O=C(O)C1CCN(S(=O)(=O)N2CCCOCC2)CC1. The first-order valence-electron chi connectivity index (χ1n) is 6.57. The zero-order valence-electron chi connectivity index (χ0n) is 10.8. The Morgan fingerprint density at radius 3 is 2.32 bits per heavy atom. The van der Waals surface area contributed by atoms with Crippen molar-refractivity contribution < 1.29 is 23.1 Å². The van der Waals surface area contributed by atoms with Crippen molar-refractivity contribution in [1.82, 2.24) is 8.61 Å². The molecule has 0 aliphatic carbocycles. The van der Waals surface area contributed by atoms with E-state index in [9.17, 15) is 13.2 Å². The van der Waals surface area contributed by atoms with E-state index in [1.54, 1.807) is 0 Å². The summed E-state index contributed by atoms with van der Waals surface area (Å²) in [6.45, 7) is 2.44. The first kappa shape index (κ1) is 14.7. The van der Waals surface area contributed by atoms with Gasteiger partial charge < -0.3 is 9.84 Å². The lowest BCUT2D eigenvalue weighted by Gasteiger charge is -2.33. The molecule has 1 N–H and O–H groups in total. The van der Waals surface area contributed by atoms with Crippen molar-refractivity contribution in [3.63, 3.8) is 0 Å². The summed E-state index contributed by atoms with van der Waals surface area (Å²) in [6.07, 6.45) is 1.47. The van der Waals surface area contributed by atoms with Crippen molar-refractivity contribution >= 4 is 16.2 Å². The van der Waals surface area contributed by atoms with Gasteiger partial charge in [0.25, 0.3) is 10.2 Å². The number of carboxylic acids is 1. The van der Waals surface area contributed by atoms with Crippen molar-refractivity contribution in [2.45, 2.75) is 19.3 Å². The van der Waals surface area contributed by atoms with E-state index in [1.807, 2.05) is 0 Å². The Morgan fingerprint density at radius 1 is 1.05 bits per heavy atom. The molecular weight excluding hydrogens is 272 g/mol. The van der Waals surface area contributed by atoms with Gasteiger partial charge in [-0.2, -0.15) is 17.0 Å². The van der Waals surface area contributed by atoms with Gasteiger partial charge in [0.15, 0.2) is 0 Å². The molecule has 2 saturated heterocycles. The van der Waals surface area contributed by atoms with Crippen LogP contribution in [0.2, 0.25) is 0 Å². The van der Waals surface area contributed by atoms with E-state index in [1.165, 1.54) is 8.61 Å². The van der Waals surface area contributed by atoms with Gasteiger partial charge >= 0.3 is 5.97 Å². The molecule has 0 bridgehead atoms. The molecular formula is C11H20N2O5S. The molecule has 2 rings (SSSR count). The lowest BCUT2D eigenvalue weighted by Crippen LogP contribution is -2.48. The minimum atomic E-state index is -3.46. The molecule has 7 nitrogen and oxygen atoms in total. The van der Waals surface area contributed by atoms with E-state index in [0.717, 1.165) is 0 Å². The topological polar surface area (TPSA) is 87.2 Å². The second-order valence-electron chi connectivity index (χ2n) is 4.88. The monoisotopic (exact) mass is 292 g/mol. The maximum Gasteiger partial charge on any atom is 0.306 e. The average Bonchev–Trinajstić information content (AvgIpc) is 2.68. The van der Waals surface area contributed by atoms with Gasteiger partial charge in [-0.25, -0.2) is 0 Å². The summed E-state index contributed by atoms with van der Waals surface area (Å²) in [5, 5.41) is 8.92. The summed E-state index contributed by atoms with van der Waals surface area (Å²) >= 11 is 0. The molecule has 19 heavy (non-hydrogen) atoms. The zero-order valence-corrected chi connectivity index (χ0v) is 11.6. The maximum atomic E-state index is 12.4. The molecule has 0 aromatic heterocycles. The highest BCUT2D eigenvalue weighted by molar-refractivity contribution is 7.86. The standard InChI is InChI=1S/C11H20N2O5S/c14-11(15)10-2-5-13(6-3-10)19(16,17)12-4-1-8-18-9-7-12/h10H,1-9H2,(H,14,15). The lowest BCUT2D eigenvalue weighted by molar-refractivity contribution is -0.142. The second-order valence-corrected chi connectivity index (χ2v) is 6.81. The van der Waals surface area contributed by atoms with Gasteiger partial charge in [0, 0.05) is 32.8 Å². The van der Waals surface area contributed by atoms with Crippen LogP contribution in [-0.2, 0) is 19.7 Å². The van der Waals surface area contributed by atoms with E-state index < -0.39 is 22.1 Å². The summed E-state index contributed by atoms with van der Waals surface area (Å²) in [5.74, 6) is -1.25. The predicted molar refractivity (Wildman–Crippen MR) is 67.9 cm³/mol. The van der Waals surface area contributed by atoms with Gasteiger partial charge in [-0.1, -0.05) is 0 Å². The number of ether oxygens (including phenoxy) is 1. The molecule has 2 heterocycles. The largest absolute Gasteiger partial charge is 0.481 e. The summed E-state index contributed by atoms with van der Waals surface area (Å²) in [6, 6.07) is 0. The van der Waals surface area contributed by atoms with Gasteiger partial charge in [-0.05, 0) is 19.3 Å². The van der Waals surface area contributed by atoms with E-state index in [-0.39, 0.29) is 13.1 Å². The number of carbonyl (C=O) groups is 1. The predicted octanol–water partition coefficient (Wildman–Crippen LogP) is -0.250. The van der Waals surface area contributed by atoms with Crippen molar-refractivity contribution in [1.29, 1.82) is 0 Å². The molecule has 2 fully saturated rings. The molecule has 0 radical (unpaired) electrons. The van der Waals surface area contributed by atoms with Crippen LogP contribution in [-0.4, -0.2) is 67.5 Å². The fourth-order valence-electron chi connectivity index (χ4n) is 2.45. The minimum Gasteiger partial charge on any atom is -0.481 e. The molecule has 0 spiro atoms. The number of aliphatic carboxylic acids is 1. The van der Waals surface area contributed by atoms with Crippen molar-refractivity contribution in [3.8, 4) is 0 Å². The summed E-state index contributed by atoms with van der Waals surface area (Å²) < 4.78 is 32.9. The van der Waals surface area contributed by atoms with Crippen molar-refractivity contribution in [2.24, 2.45) is 5.92 Å². The lowest BCUT2D eigenvalue weighted by atomic mass is 9.99. The van der Waals surface area contributed by atoms with Gasteiger partial charge in [0.05, 0.1) is 12.5 Å². The number of carboxylic acid groups (broad SMARTS) is 1. The van der Waals surface area contributed by atoms with Crippen LogP contribution in [0.25, 0.3) is 0 Å². The number of rotatable bonds is 3. The third kappa shape index (κ3) is 3.44. The number of nitrogens with zero attached hydrogens (tertiary/aromatic N) is 2. The van der Waals surface area contributed by atoms with E-state index in [4.69, 9.17) is 9.84 Å². The molecule has 0 aromatic rings. The molecule has 0 amide bonds. The van der Waals surface area contributed by atoms with E-state index >= 15 is 0 Å². The van der Waals surface area contributed by atoms with Gasteiger partial charge in [0.1, 0.15) is 0 Å². The third-order valence-corrected chi connectivity index (χ3v) is 5.67. The van der Waals surface area contributed by atoms with Gasteiger partial charge in [-0.15, -0.1) is 0 Å². The fourth-order valence-corrected chi connectivity index (χ4v) is 4.11. The smallest absolute Gasteiger partial charge is 0.306 e. The van der Waals surface area contributed by atoms with Crippen LogP contribution < -0.4 is 0 Å². The number of hydrogen-bond acceptors (Lipinski definition) is 4. The van der Waals surface area contributed by atoms with Crippen molar-refractivity contribution in [2.75, 3.05) is 39.4 Å². The maximum absolute atomic E-state index is 12.4. The normalized spacial score (nSPS) is 25.1. The molecule has 2 aliphatic rings. The Morgan fingerprint density at radius 2 is 1.68 bits per heavy atom. The highest BCUT2D eigenvalue weighted by atomic mass is 32.2. The summed E-state index contributed by atoms with van der Waals surface area (Å²) in [4.78, 5) is 10.9. The van der Waals surface area contributed by atoms with Crippen LogP contribution in [0, 0.1) is 5.92 Å². The average molecular weight is 292 g/mol. The Balaban J connectivity index is 1.98. The Kier molecular flexibility index (Phi) is 4.77. The first-order chi connectivity index (χ1) is 9.01. The summed E-state index contributed by atoms with van der Waals surface area (Å²) in [7, 11) is -3.46. The molecule has 0 saturated carbocycles. The zero-order chi connectivity index (χ0) is 13.9. The third-order valence-electron chi connectivity index (χ3n) is 3.64. The molecule has 8 heteroatoms. The van der Waals surface area contributed by atoms with Crippen LogP contribution in [0.15, 0.2) is 0 Å². The Labute approximate surface area is 113 Å². The van der Waals surface area contributed by atoms with Crippen LogP contribution in [0.3, 0.4) is 0 Å². The highest BCUT2D eigenvalue weighted by Crippen LogP contribution is 2.22. The van der Waals surface area contributed by atoms with Gasteiger partial charge in [-0.3, -0.25) is 4.79 Å². The quantitative estimate of drug-likeness (QED) is 0.775. The summed E-state index contributed by atoms with van der Waals surface area (Å²) in [5.41, 5.74) is 0. The van der Waals surface area contributed by atoms with Crippen LogP contribution in [0.1, 0.15) is 19.3 Å². The van der Waals surface area contributed by atoms with Crippen LogP contribution in [0.5, 0.6) is 0 Å². The molecule has 2 aliphatic heterocycles. The number of hydrogen-bond donors (Lipinski definition) is 1. The molecule has 0 unspecified atom stereocenters. The highest BCUT2D eigenvalue weighted by Gasteiger charge is 2.34. The first-order valence-corrected chi connectivity index (χ1v) is 7.97. The minimum absolute atomic E-state index is 0.288. The van der Waals surface area contributed by atoms with Crippen LogP contribution >= 0.6 is 0 Å². The van der Waals surface area contributed by atoms with Crippen molar-refractivity contribution in [3.05, 3.63) is 0 Å². The van der Waals surface area contributed by atoms with Gasteiger partial charge in [0.2, 0.25) is 0 Å².